The van der Waals surface area contributed by atoms with Crippen LogP contribution in [0.2, 0.25) is 0 Å². The standard InChI is InChI=1S/C22H33BrO5/c1-14(13-24)21(28-22(25)17-8-6-5-7-9-17)16(3)20(23)12-19-11-18(26-4)10-15(2)27-19/h5-9,14-16,18-21,24H,10-13H2,1-4H3/t14-,15+,16+,18-,19-,20+,21-/m1/s1. The van der Waals surface area contributed by atoms with Gasteiger partial charge in [0.15, 0.2) is 0 Å². The highest BCUT2D eigenvalue weighted by Gasteiger charge is 2.35. The Bertz CT molecular complexity index is 596. The monoisotopic (exact) mass is 456 g/mol. The van der Waals surface area contributed by atoms with Crippen LogP contribution in [0.1, 0.15) is 50.4 Å². The van der Waals surface area contributed by atoms with Gasteiger partial charge in [0.05, 0.1) is 23.9 Å². The van der Waals surface area contributed by atoms with E-state index in [4.69, 9.17) is 14.2 Å². The molecule has 1 aliphatic heterocycles. The molecule has 0 aliphatic carbocycles. The van der Waals surface area contributed by atoms with Crippen LogP contribution in [0.3, 0.4) is 0 Å². The SMILES string of the molecule is CO[C@H]1C[C@H](C[C@H](Br)[C@H](C)[C@H](OC(=O)c2ccccc2)[C@H](C)CO)O[C@@H](C)C1. The van der Waals surface area contributed by atoms with E-state index in [-0.39, 0.29) is 47.6 Å². The molecule has 1 heterocycles. The highest BCUT2D eigenvalue weighted by molar-refractivity contribution is 9.09. The van der Waals surface area contributed by atoms with Gasteiger partial charge in [-0.2, -0.15) is 0 Å². The van der Waals surface area contributed by atoms with Crippen LogP contribution in [0.15, 0.2) is 30.3 Å². The number of aliphatic hydroxyl groups excluding tert-OH is 1. The van der Waals surface area contributed by atoms with E-state index in [1.807, 2.05) is 25.1 Å². The zero-order valence-corrected chi connectivity index (χ0v) is 18.8. The smallest absolute Gasteiger partial charge is 0.338 e. The third kappa shape index (κ3) is 6.55. The number of esters is 1. The number of methoxy groups -OCH3 is 1. The zero-order chi connectivity index (χ0) is 20.7. The van der Waals surface area contributed by atoms with Crippen LogP contribution in [-0.2, 0) is 14.2 Å². The zero-order valence-electron chi connectivity index (χ0n) is 17.2. The summed E-state index contributed by atoms with van der Waals surface area (Å²) < 4.78 is 17.5. The molecule has 1 N–H and O–H groups in total. The minimum Gasteiger partial charge on any atom is -0.458 e. The number of alkyl halides is 1. The Balaban J connectivity index is 2.02. The first-order valence-electron chi connectivity index (χ1n) is 10.0. The van der Waals surface area contributed by atoms with Gasteiger partial charge in [0, 0.05) is 30.4 Å². The van der Waals surface area contributed by atoms with Crippen molar-refractivity contribution in [3.8, 4) is 0 Å². The molecule has 0 radical (unpaired) electrons. The number of ether oxygens (including phenoxy) is 3. The number of aliphatic hydroxyl groups is 1. The lowest BCUT2D eigenvalue weighted by atomic mass is 9.87. The van der Waals surface area contributed by atoms with Gasteiger partial charge in [-0.05, 0) is 38.3 Å². The minimum atomic E-state index is -0.402. The topological polar surface area (TPSA) is 65.0 Å². The molecule has 0 unspecified atom stereocenters. The van der Waals surface area contributed by atoms with Crippen molar-refractivity contribution in [2.45, 2.75) is 69.3 Å². The molecule has 2 rings (SSSR count). The van der Waals surface area contributed by atoms with Gasteiger partial charge in [-0.25, -0.2) is 4.79 Å². The molecule has 28 heavy (non-hydrogen) atoms. The summed E-state index contributed by atoms with van der Waals surface area (Å²) in [5, 5.41) is 9.69. The molecule has 7 atom stereocenters. The van der Waals surface area contributed by atoms with E-state index in [0.717, 1.165) is 19.3 Å². The van der Waals surface area contributed by atoms with Crippen molar-refractivity contribution in [2.75, 3.05) is 13.7 Å². The summed E-state index contributed by atoms with van der Waals surface area (Å²) in [7, 11) is 1.75. The van der Waals surface area contributed by atoms with Crippen LogP contribution < -0.4 is 0 Å². The molecule has 0 saturated carbocycles. The predicted molar refractivity (Wildman–Crippen MR) is 113 cm³/mol. The molecule has 1 aromatic rings. The van der Waals surface area contributed by atoms with E-state index in [0.29, 0.717) is 5.56 Å². The van der Waals surface area contributed by atoms with Gasteiger partial charge in [0.25, 0.3) is 0 Å². The summed E-state index contributed by atoms with van der Waals surface area (Å²) in [5.74, 6) is -0.517. The third-order valence-electron chi connectivity index (χ3n) is 5.56. The van der Waals surface area contributed by atoms with Gasteiger partial charge < -0.3 is 19.3 Å². The average molecular weight is 457 g/mol. The second-order valence-corrected chi connectivity index (χ2v) is 9.08. The van der Waals surface area contributed by atoms with Crippen molar-refractivity contribution in [1.82, 2.24) is 0 Å². The van der Waals surface area contributed by atoms with E-state index >= 15 is 0 Å². The van der Waals surface area contributed by atoms with Crippen molar-refractivity contribution in [2.24, 2.45) is 11.8 Å². The van der Waals surface area contributed by atoms with Crippen molar-refractivity contribution >= 4 is 21.9 Å². The van der Waals surface area contributed by atoms with E-state index < -0.39 is 6.10 Å². The van der Waals surface area contributed by atoms with Gasteiger partial charge in [-0.3, -0.25) is 0 Å². The Labute approximate surface area is 176 Å². The number of halogens is 1. The second kappa shape index (κ2) is 11.3. The fourth-order valence-electron chi connectivity index (χ4n) is 3.83. The van der Waals surface area contributed by atoms with E-state index in [1.165, 1.54) is 0 Å². The first-order chi connectivity index (χ1) is 13.3. The number of hydrogen-bond acceptors (Lipinski definition) is 5. The maximum atomic E-state index is 12.6. The van der Waals surface area contributed by atoms with E-state index in [1.54, 1.807) is 19.2 Å². The molecule has 0 spiro atoms. The van der Waals surface area contributed by atoms with Crippen LogP contribution in [0.25, 0.3) is 0 Å². The predicted octanol–water partition coefficient (Wildman–Crippen LogP) is 4.21. The number of carbonyl (C=O) groups excluding carboxylic acids is 1. The fraction of sp³-hybridized carbons (Fsp3) is 0.682. The average Bonchev–Trinajstić information content (AvgIpc) is 2.70. The molecule has 0 bridgehead atoms. The van der Waals surface area contributed by atoms with Crippen LogP contribution in [0, 0.1) is 11.8 Å². The molecule has 1 aromatic carbocycles. The Morgan fingerprint density at radius 1 is 1.29 bits per heavy atom. The number of carbonyl (C=O) groups is 1. The molecule has 1 saturated heterocycles. The minimum absolute atomic E-state index is 0.0108. The fourth-order valence-corrected chi connectivity index (χ4v) is 4.54. The summed E-state index contributed by atoms with van der Waals surface area (Å²) in [5.41, 5.74) is 0.517. The van der Waals surface area contributed by atoms with Gasteiger partial charge >= 0.3 is 5.97 Å². The van der Waals surface area contributed by atoms with Crippen LogP contribution in [0.5, 0.6) is 0 Å². The number of rotatable bonds is 9. The van der Waals surface area contributed by atoms with Crippen LogP contribution in [0.4, 0.5) is 0 Å². The molecule has 6 heteroatoms. The molecular formula is C22H33BrO5. The molecule has 1 fully saturated rings. The number of benzene rings is 1. The third-order valence-corrected chi connectivity index (χ3v) is 6.76. The Morgan fingerprint density at radius 3 is 2.57 bits per heavy atom. The number of hydrogen-bond donors (Lipinski definition) is 1. The van der Waals surface area contributed by atoms with E-state index in [9.17, 15) is 9.90 Å². The molecule has 1 aliphatic rings. The Hall–Kier alpha value is -0.950. The summed E-state index contributed by atoms with van der Waals surface area (Å²) in [6, 6.07) is 8.96. The summed E-state index contributed by atoms with van der Waals surface area (Å²) in [4.78, 5) is 12.6. The highest BCUT2D eigenvalue weighted by atomic mass is 79.9. The van der Waals surface area contributed by atoms with Gasteiger partial charge in [-0.15, -0.1) is 0 Å². The van der Waals surface area contributed by atoms with Gasteiger partial charge in [0.1, 0.15) is 6.10 Å². The van der Waals surface area contributed by atoms with Crippen molar-refractivity contribution in [3.63, 3.8) is 0 Å². The first-order valence-corrected chi connectivity index (χ1v) is 11.0. The lowest BCUT2D eigenvalue weighted by Crippen LogP contribution is -2.41. The molecule has 0 aromatic heterocycles. The first kappa shape index (κ1) is 23.3. The van der Waals surface area contributed by atoms with Crippen LogP contribution >= 0.6 is 15.9 Å². The maximum absolute atomic E-state index is 12.6. The quantitative estimate of drug-likeness (QED) is 0.445. The Kier molecular flexibility index (Phi) is 9.41. The summed E-state index contributed by atoms with van der Waals surface area (Å²) in [6.45, 7) is 5.98. The Morgan fingerprint density at radius 2 is 1.96 bits per heavy atom. The molecule has 0 amide bonds. The maximum Gasteiger partial charge on any atom is 0.338 e. The largest absolute Gasteiger partial charge is 0.458 e. The molecule has 5 nitrogen and oxygen atoms in total. The van der Waals surface area contributed by atoms with Crippen molar-refractivity contribution < 1.29 is 24.1 Å². The van der Waals surface area contributed by atoms with Crippen molar-refractivity contribution in [3.05, 3.63) is 35.9 Å². The van der Waals surface area contributed by atoms with E-state index in [2.05, 4.69) is 29.8 Å². The second-order valence-electron chi connectivity index (χ2n) is 7.90. The van der Waals surface area contributed by atoms with Gasteiger partial charge in [0.2, 0.25) is 0 Å². The lowest BCUT2D eigenvalue weighted by Gasteiger charge is -2.37. The molecular weight excluding hydrogens is 424 g/mol. The van der Waals surface area contributed by atoms with Crippen molar-refractivity contribution in [1.29, 1.82) is 0 Å². The molecule has 158 valence electrons. The summed E-state index contributed by atoms with van der Waals surface area (Å²) in [6.07, 6.45) is 2.64. The van der Waals surface area contributed by atoms with Crippen LogP contribution in [-0.4, -0.2) is 54.0 Å². The highest BCUT2D eigenvalue weighted by Crippen LogP contribution is 2.32. The lowest BCUT2D eigenvalue weighted by molar-refractivity contribution is -0.102. The summed E-state index contributed by atoms with van der Waals surface area (Å²) >= 11 is 3.79. The normalized spacial score (nSPS) is 26.9. The van der Waals surface area contributed by atoms with Gasteiger partial charge in [-0.1, -0.05) is 48.0 Å².